The molecule has 0 bridgehead atoms. The molecule has 3 aromatic rings. The van der Waals surface area contributed by atoms with E-state index in [2.05, 4.69) is 4.98 Å². The number of halogens is 1. The number of nitrogen functional groups attached to an aromatic ring is 1. The first-order valence-electron chi connectivity index (χ1n) is 6.24. The second kappa shape index (κ2) is 5.38. The van der Waals surface area contributed by atoms with Crippen LogP contribution < -0.4 is 5.73 Å². The monoisotopic (exact) mass is 303 g/mol. The van der Waals surface area contributed by atoms with E-state index in [4.69, 9.17) is 17.3 Å². The maximum absolute atomic E-state index is 6.08. The maximum atomic E-state index is 6.08. The number of nitrogens with two attached hydrogens (primary N) is 1. The molecule has 0 spiro atoms. The summed E-state index contributed by atoms with van der Waals surface area (Å²) in [6.45, 7) is 2.02. The van der Waals surface area contributed by atoms with Crippen LogP contribution in [0.3, 0.4) is 0 Å². The highest BCUT2D eigenvalue weighted by Crippen LogP contribution is 2.29. The zero-order valence-electron chi connectivity index (χ0n) is 11.0. The highest BCUT2D eigenvalue weighted by molar-refractivity contribution is 7.98. The molecular weight excluding hydrogens is 290 g/mol. The van der Waals surface area contributed by atoms with Gasteiger partial charge in [-0.25, -0.2) is 4.98 Å². The van der Waals surface area contributed by atoms with Gasteiger partial charge in [-0.1, -0.05) is 23.7 Å². The number of thioether (sulfide) groups is 1. The van der Waals surface area contributed by atoms with Crippen LogP contribution in [0.1, 0.15) is 11.3 Å². The number of para-hydroxylation sites is 1. The van der Waals surface area contributed by atoms with E-state index in [1.807, 2.05) is 54.0 Å². The summed E-state index contributed by atoms with van der Waals surface area (Å²) in [7, 11) is 0. The van der Waals surface area contributed by atoms with Crippen LogP contribution in [0.2, 0.25) is 5.02 Å². The third-order valence-electron chi connectivity index (χ3n) is 3.12. The predicted octanol–water partition coefficient (Wildman–Crippen LogP) is 4.17. The highest BCUT2D eigenvalue weighted by Gasteiger charge is 2.06. The predicted molar refractivity (Wildman–Crippen MR) is 85.4 cm³/mol. The molecule has 0 fully saturated rings. The van der Waals surface area contributed by atoms with Crippen LogP contribution in [-0.4, -0.2) is 9.38 Å². The fraction of sp³-hybridized carbons (Fsp3) is 0.133. The van der Waals surface area contributed by atoms with Crippen molar-refractivity contribution >= 4 is 34.7 Å². The van der Waals surface area contributed by atoms with E-state index in [0.717, 1.165) is 33.2 Å². The van der Waals surface area contributed by atoms with Crippen LogP contribution >= 0.6 is 23.4 Å². The molecule has 1 aromatic carbocycles. The van der Waals surface area contributed by atoms with Crippen LogP contribution in [0.15, 0.2) is 47.6 Å². The first-order chi connectivity index (χ1) is 9.63. The average Bonchev–Trinajstić information content (AvgIpc) is 2.82. The Kier molecular flexibility index (Phi) is 3.59. The van der Waals surface area contributed by atoms with Gasteiger partial charge in [-0.15, -0.1) is 11.8 Å². The molecule has 0 aliphatic rings. The molecular formula is C15H14ClN3S. The topological polar surface area (TPSA) is 43.3 Å². The minimum absolute atomic E-state index is 0.706. The van der Waals surface area contributed by atoms with Gasteiger partial charge in [0.15, 0.2) is 0 Å². The number of benzene rings is 1. The van der Waals surface area contributed by atoms with E-state index in [1.165, 1.54) is 0 Å². The van der Waals surface area contributed by atoms with E-state index < -0.39 is 0 Å². The molecule has 3 nitrogen and oxygen atoms in total. The lowest BCUT2D eigenvalue weighted by atomic mass is 10.2. The smallest absolute Gasteiger partial charge is 0.137 e. The number of anilines is 1. The molecule has 102 valence electrons. The number of aryl methyl sites for hydroxylation is 1. The fourth-order valence-electron chi connectivity index (χ4n) is 2.02. The van der Waals surface area contributed by atoms with Crippen molar-refractivity contribution in [2.45, 2.75) is 17.6 Å². The van der Waals surface area contributed by atoms with Crippen molar-refractivity contribution in [2.24, 2.45) is 0 Å². The summed E-state index contributed by atoms with van der Waals surface area (Å²) < 4.78 is 1.94. The molecule has 0 saturated carbocycles. The molecule has 0 saturated heterocycles. The Morgan fingerprint density at radius 3 is 2.95 bits per heavy atom. The van der Waals surface area contributed by atoms with Gasteiger partial charge in [0, 0.05) is 28.7 Å². The SMILES string of the molecule is Cc1cccc(SCc2cn3cc(Cl)ccc3n2)c1N. The van der Waals surface area contributed by atoms with Crippen LogP contribution in [0.5, 0.6) is 0 Å². The number of hydrogen-bond donors (Lipinski definition) is 1. The van der Waals surface area contributed by atoms with Gasteiger partial charge >= 0.3 is 0 Å². The van der Waals surface area contributed by atoms with Crippen molar-refractivity contribution in [1.82, 2.24) is 9.38 Å². The highest BCUT2D eigenvalue weighted by atomic mass is 35.5. The molecule has 0 atom stereocenters. The molecule has 0 aliphatic carbocycles. The number of imidazole rings is 1. The van der Waals surface area contributed by atoms with E-state index in [0.29, 0.717) is 5.02 Å². The summed E-state index contributed by atoms with van der Waals surface area (Å²) in [5, 5.41) is 0.706. The Hall–Kier alpha value is -1.65. The number of aromatic nitrogens is 2. The molecule has 0 amide bonds. The Morgan fingerprint density at radius 1 is 1.25 bits per heavy atom. The molecule has 0 radical (unpaired) electrons. The standard InChI is InChI=1S/C15H14ClN3S/c1-10-3-2-4-13(15(10)17)20-9-12-8-19-7-11(16)5-6-14(19)18-12/h2-8H,9,17H2,1H3. The summed E-state index contributed by atoms with van der Waals surface area (Å²) in [5.41, 5.74) is 9.95. The van der Waals surface area contributed by atoms with Crippen molar-refractivity contribution in [3.05, 3.63) is 59.0 Å². The molecule has 3 rings (SSSR count). The Labute approximate surface area is 126 Å². The summed E-state index contributed by atoms with van der Waals surface area (Å²) >= 11 is 7.67. The summed E-state index contributed by atoms with van der Waals surface area (Å²) in [6, 6.07) is 9.85. The minimum atomic E-state index is 0.706. The number of hydrogen-bond acceptors (Lipinski definition) is 3. The molecule has 2 N–H and O–H groups in total. The van der Waals surface area contributed by atoms with Crippen molar-refractivity contribution in [3.8, 4) is 0 Å². The summed E-state index contributed by atoms with van der Waals surface area (Å²) in [5.74, 6) is 0.785. The number of pyridine rings is 1. The van der Waals surface area contributed by atoms with Gasteiger partial charge in [0.05, 0.1) is 10.7 Å². The average molecular weight is 304 g/mol. The van der Waals surface area contributed by atoms with Gasteiger partial charge in [-0.05, 0) is 30.7 Å². The van der Waals surface area contributed by atoms with E-state index in [1.54, 1.807) is 11.8 Å². The van der Waals surface area contributed by atoms with Gasteiger partial charge < -0.3 is 10.1 Å². The molecule has 0 aliphatic heterocycles. The first kappa shape index (κ1) is 13.3. The van der Waals surface area contributed by atoms with Crippen molar-refractivity contribution < 1.29 is 0 Å². The largest absolute Gasteiger partial charge is 0.398 e. The third kappa shape index (κ3) is 2.62. The Morgan fingerprint density at radius 2 is 2.10 bits per heavy atom. The van der Waals surface area contributed by atoms with E-state index >= 15 is 0 Å². The van der Waals surface area contributed by atoms with Crippen LogP contribution in [0, 0.1) is 6.92 Å². The molecule has 20 heavy (non-hydrogen) atoms. The van der Waals surface area contributed by atoms with E-state index in [9.17, 15) is 0 Å². The van der Waals surface area contributed by atoms with Gasteiger partial charge in [0.25, 0.3) is 0 Å². The Bertz CT molecular complexity index is 767. The summed E-state index contributed by atoms with van der Waals surface area (Å²) in [6.07, 6.45) is 3.86. The van der Waals surface area contributed by atoms with Crippen molar-refractivity contribution in [2.75, 3.05) is 5.73 Å². The van der Waals surface area contributed by atoms with Crippen molar-refractivity contribution in [3.63, 3.8) is 0 Å². The quantitative estimate of drug-likeness (QED) is 0.583. The van der Waals surface area contributed by atoms with E-state index in [-0.39, 0.29) is 0 Å². The number of rotatable bonds is 3. The lowest BCUT2D eigenvalue weighted by Gasteiger charge is -2.06. The molecule has 0 unspecified atom stereocenters. The summed E-state index contributed by atoms with van der Waals surface area (Å²) in [4.78, 5) is 5.66. The molecule has 2 heterocycles. The zero-order valence-corrected chi connectivity index (χ0v) is 12.6. The third-order valence-corrected chi connectivity index (χ3v) is 4.46. The van der Waals surface area contributed by atoms with Gasteiger partial charge in [0.1, 0.15) is 5.65 Å². The van der Waals surface area contributed by atoms with Gasteiger partial charge in [-0.3, -0.25) is 0 Å². The fourth-order valence-corrected chi connectivity index (χ4v) is 3.12. The minimum Gasteiger partial charge on any atom is -0.398 e. The molecule has 2 aromatic heterocycles. The van der Waals surface area contributed by atoms with Gasteiger partial charge in [-0.2, -0.15) is 0 Å². The van der Waals surface area contributed by atoms with Crippen LogP contribution in [-0.2, 0) is 5.75 Å². The number of nitrogens with zero attached hydrogens (tertiary/aromatic N) is 2. The second-order valence-electron chi connectivity index (χ2n) is 4.62. The zero-order chi connectivity index (χ0) is 14.1. The van der Waals surface area contributed by atoms with Crippen molar-refractivity contribution in [1.29, 1.82) is 0 Å². The molecule has 5 heteroatoms. The lowest BCUT2D eigenvalue weighted by molar-refractivity contribution is 1.18. The Balaban J connectivity index is 1.81. The van der Waals surface area contributed by atoms with Crippen LogP contribution in [0.25, 0.3) is 5.65 Å². The van der Waals surface area contributed by atoms with Gasteiger partial charge in [0.2, 0.25) is 0 Å². The normalized spacial score (nSPS) is 11.1. The number of fused-ring (bicyclic) bond motifs is 1. The van der Waals surface area contributed by atoms with Crippen LogP contribution in [0.4, 0.5) is 5.69 Å². The first-order valence-corrected chi connectivity index (χ1v) is 7.61. The maximum Gasteiger partial charge on any atom is 0.137 e. The lowest BCUT2D eigenvalue weighted by Crippen LogP contribution is -1.92. The second-order valence-corrected chi connectivity index (χ2v) is 6.07.